The van der Waals surface area contributed by atoms with Crippen LogP contribution in [0.2, 0.25) is 18.1 Å². The standard InChI is InChI=1S/C13H30N2OSi/c1-13(2,3)17(4,5)16-10-9-15-8-6-7-12(14)11-15/h12H,6-11,14H2,1-5H3. The number of nitrogens with zero attached hydrogens (tertiary/aromatic N) is 1. The predicted molar refractivity (Wildman–Crippen MR) is 76.8 cm³/mol. The third-order valence-corrected chi connectivity index (χ3v) is 8.76. The van der Waals surface area contributed by atoms with Gasteiger partial charge in [0.2, 0.25) is 0 Å². The van der Waals surface area contributed by atoms with Crippen LogP contribution >= 0.6 is 0 Å². The van der Waals surface area contributed by atoms with Crippen molar-refractivity contribution in [2.24, 2.45) is 5.73 Å². The summed E-state index contributed by atoms with van der Waals surface area (Å²) in [6.07, 6.45) is 2.42. The molecule has 1 aliphatic rings. The van der Waals surface area contributed by atoms with Crippen molar-refractivity contribution in [1.29, 1.82) is 0 Å². The summed E-state index contributed by atoms with van der Waals surface area (Å²) in [5, 5.41) is 0.311. The van der Waals surface area contributed by atoms with E-state index in [0.717, 1.165) is 19.7 Å². The molecule has 1 rings (SSSR count). The second-order valence-electron chi connectivity index (χ2n) is 6.81. The van der Waals surface area contributed by atoms with Gasteiger partial charge in [0.1, 0.15) is 0 Å². The minimum atomic E-state index is -1.56. The van der Waals surface area contributed by atoms with Crippen LogP contribution in [0.5, 0.6) is 0 Å². The van der Waals surface area contributed by atoms with E-state index < -0.39 is 8.32 Å². The van der Waals surface area contributed by atoms with Gasteiger partial charge in [0.05, 0.1) is 0 Å². The third kappa shape index (κ3) is 4.70. The van der Waals surface area contributed by atoms with Crippen molar-refractivity contribution in [3.63, 3.8) is 0 Å². The molecule has 0 radical (unpaired) electrons. The number of nitrogens with two attached hydrogens (primary N) is 1. The van der Waals surface area contributed by atoms with Crippen LogP contribution in [0.4, 0.5) is 0 Å². The van der Waals surface area contributed by atoms with Crippen molar-refractivity contribution >= 4 is 8.32 Å². The van der Waals surface area contributed by atoms with Gasteiger partial charge in [0.25, 0.3) is 0 Å². The first-order valence-corrected chi connectivity index (χ1v) is 9.75. The maximum atomic E-state index is 6.19. The molecular formula is C13H30N2OSi. The van der Waals surface area contributed by atoms with Gasteiger partial charge in [-0.15, -0.1) is 0 Å². The molecule has 102 valence electrons. The molecule has 3 nitrogen and oxygen atoms in total. The largest absolute Gasteiger partial charge is 0.416 e. The van der Waals surface area contributed by atoms with E-state index in [0.29, 0.717) is 11.1 Å². The molecule has 0 aromatic carbocycles. The maximum Gasteiger partial charge on any atom is 0.192 e. The maximum absolute atomic E-state index is 6.19. The lowest BCUT2D eigenvalue weighted by molar-refractivity contribution is 0.164. The molecule has 1 fully saturated rings. The van der Waals surface area contributed by atoms with E-state index in [-0.39, 0.29) is 0 Å². The van der Waals surface area contributed by atoms with Crippen molar-refractivity contribution in [3.8, 4) is 0 Å². The van der Waals surface area contributed by atoms with Gasteiger partial charge in [-0.3, -0.25) is 4.90 Å². The van der Waals surface area contributed by atoms with Gasteiger partial charge in [0, 0.05) is 25.7 Å². The number of rotatable bonds is 4. The quantitative estimate of drug-likeness (QED) is 0.787. The van der Waals surface area contributed by atoms with E-state index in [9.17, 15) is 0 Å². The Labute approximate surface area is 108 Å². The molecular weight excluding hydrogens is 228 g/mol. The van der Waals surface area contributed by atoms with Gasteiger partial charge >= 0.3 is 0 Å². The number of likely N-dealkylation sites (tertiary alicyclic amines) is 1. The summed E-state index contributed by atoms with van der Waals surface area (Å²) in [5.41, 5.74) is 5.98. The van der Waals surface area contributed by atoms with Gasteiger partial charge in [-0.1, -0.05) is 20.8 Å². The average Bonchev–Trinajstić information content (AvgIpc) is 2.15. The molecule has 1 saturated heterocycles. The normalized spacial score (nSPS) is 24.0. The van der Waals surface area contributed by atoms with E-state index in [2.05, 4.69) is 38.8 Å². The summed E-state index contributed by atoms with van der Waals surface area (Å²) in [6.45, 7) is 15.6. The van der Waals surface area contributed by atoms with Gasteiger partial charge < -0.3 is 10.2 Å². The van der Waals surface area contributed by atoms with Crippen LogP contribution in [-0.4, -0.2) is 45.5 Å². The first-order chi connectivity index (χ1) is 7.72. The molecule has 1 unspecified atom stereocenters. The molecule has 0 bridgehead atoms. The fourth-order valence-electron chi connectivity index (χ4n) is 1.94. The van der Waals surface area contributed by atoms with E-state index in [1.165, 1.54) is 19.4 Å². The lowest BCUT2D eigenvalue weighted by atomic mass is 10.1. The second-order valence-corrected chi connectivity index (χ2v) is 11.6. The van der Waals surface area contributed by atoms with E-state index in [1.807, 2.05) is 0 Å². The van der Waals surface area contributed by atoms with Crippen LogP contribution < -0.4 is 5.73 Å². The van der Waals surface area contributed by atoms with Gasteiger partial charge in [-0.05, 0) is 37.5 Å². The first kappa shape index (κ1) is 15.2. The first-order valence-electron chi connectivity index (χ1n) is 6.84. The summed E-state index contributed by atoms with van der Waals surface area (Å²) in [4.78, 5) is 2.45. The number of hydrogen-bond donors (Lipinski definition) is 1. The van der Waals surface area contributed by atoms with Crippen molar-refractivity contribution in [2.75, 3.05) is 26.2 Å². The van der Waals surface area contributed by atoms with Crippen molar-refractivity contribution in [2.45, 2.75) is 57.8 Å². The highest BCUT2D eigenvalue weighted by Gasteiger charge is 2.37. The Morgan fingerprint density at radius 2 is 2.00 bits per heavy atom. The Morgan fingerprint density at radius 1 is 1.35 bits per heavy atom. The van der Waals surface area contributed by atoms with Crippen molar-refractivity contribution in [1.82, 2.24) is 4.90 Å². The molecule has 0 aromatic heterocycles. The highest BCUT2D eigenvalue weighted by molar-refractivity contribution is 6.74. The predicted octanol–water partition coefficient (Wildman–Crippen LogP) is 2.43. The van der Waals surface area contributed by atoms with Gasteiger partial charge in [-0.25, -0.2) is 0 Å². The molecule has 1 atom stereocenters. The second kappa shape index (κ2) is 5.82. The lowest BCUT2D eigenvalue weighted by Gasteiger charge is -2.37. The van der Waals surface area contributed by atoms with Gasteiger partial charge in [0.15, 0.2) is 8.32 Å². The topological polar surface area (TPSA) is 38.5 Å². The Hall–Kier alpha value is 0.0969. The Bertz CT molecular complexity index is 238. The van der Waals surface area contributed by atoms with Crippen LogP contribution in [0.1, 0.15) is 33.6 Å². The summed E-state index contributed by atoms with van der Waals surface area (Å²) in [5.74, 6) is 0. The minimum Gasteiger partial charge on any atom is -0.416 e. The Balaban J connectivity index is 2.28. The molecule has 0 saturated carbocycles. The summed E-state index contributed by atoms with van der Waals surface area (Å²) >= 11 is 0. The smallest absolute Gasteiger partial charge is 0.192 e. The molecule has 0 aliphatic carbocycles. The van der Waals surface area contributed by atoms with Crippen LogP contribution in [-0.2, 0) is 4.43 Å². The molecule has 0 spiro atoms. The zero-order valence-corrected chi connectivity index (χ0v) is 13.3. The number of piperidine rings is 1. The average molecular weight is 258 g/mol. The van der Waals surface area contributed by atoms with E-state index in [1.54, 1.807) is 0 Å². The molecule has 1 heterocycles. The molecule has 0 amide bonds. The summed E-state index contributed by atoms with van der Waals surface area (Å²) < 4.78 is 6.19. The number of hydrogen-bond acceptors (Lipinski definition) is 3. The van der Waals surface area contributed by atoms with Crippen LogP contribution in [0.25, 0.3) is 0 Å². The van der Waals surface area contributed by atoms with Gasteiger partial charge in [-0.2, -0.15) is 0 Å². The molecule has 0 aromatic rings. The third-order valence-electron chi connectivity index (χ3n) is 4.22. The highest BCUT2D eigenvalue weighted by Crippen LogP contribution is 2.36. The van der Waals surface area contributed by atoms with Crippen LogP contribution in [0, 0.1) is 0 Å². The monoisotopic (exact) mass is 258 g/mol. The molecule has 4 heteroatoms. The van der Waals surface area contributed by atoms with Crippen molar-refractivity contribution in [3.05, 3.63) is 0 Å². The summed E-state index contributed by atoms with van der Waals surface area (Å²) in [7, 11) is -1.56. The lowest BCUT2D eigenvalue weighted by Crippen LogP contribution is -2.46. The summed E-state index contributed by atoms with van der Waals surface area (Å²) in [6, 6.07) is 0.372. The minimum absolute atomic E-state index is 0.311. The van der Waals surface area contributed by atoms with Crippen LogP contribution in [0.3, 0.4) is 0 Å². The highest BCUT2D eigenvalue weighted by atomic mass is 28.4. The zero-order valence-electron chi connectivity index (χ0n) is 12.3. The van der Waals surface area contributed by atoms with E-state index >= 15 is 0 Å². The zero-order chi connectivity index (χ0) is 13.1. The van der Waals surface area contributed by atoms with E-state index in [4.69, 9.17) is 10.2 Å². The molecule has 17 heavy (non-hydrogen) atoms. The van der Waals surface area contributed by atoms with Crippen molar-refractivity contribution < 1.29 is 4.43 Å². The Morgan fingerprint density at radius 3 is 2.53 bits per heavy atom. The fourth-order valence-corrected chi connectivity index (χ4v) is 2.98. The SMILES string of the molecule is CC(C)(C)[Si](C)(C)OCCN1CCCC(N)C1. The molecule has 2 N–H and O–H groups in total. The molecule has 1 aliphatic heterocycles. The Kier molecular flexibility index (Phi) is 5.19. The fraction of sp³-hybridized carbons (Fsp3) is 1.00. The van der Waals surface area contributed by atoms with Crippen LogP contribution in [0.15, 0.2) is 0 Å².